The van der Waals surface area contributed by atoms with Gasteiger partial charge >= 0.3 is 0 Å². The number of rotatable bonds is 2. The molecule has 1 nitrogen and oxygen atoms in total. The van der Waals surface area contributed by atoms with E-state index in [1.807, 2.05) is 30.3 Å². The van der Waals surface area contributed by atoms with E-state index in [0.29, 0.717) is 5.57 Å². The lowest BCUT2D eigenvalue weighted by Gasteiger charge is -1.99. The summed E-state index contributed by atoms with van der Waals surface area (Å²) in [4.78, 5) is 10.9. The maximum atomic E-state index is 10.9. The summed E-state index contributed by atoms with van der Waals surface area (Å²) in [6, 6.07) is 9.36. The standard InChI is InChI=1S/C10H9ClO/c1-2-9(10(11)12)8-6-4-3-5-7-8/h2-7H,1H3. The average molecular weight is 181 g/mol. The maximum Gasteiger partial charge on any atom is 0.252 e. The van der Waals surface area contributed by atoms with Crippen molar-refractivity contribution in [2.24, 2.45) is 0 Å². The first-order valence-electron chi connectivity index (χ1n) is 3.67. The third kappa shape index (κ3) is 1.95. The van der Waals surface area contributed by atoms with E-state index in [4.69, 9.17) is 11.6 Å². The van der Waals surface area contributed by atoms with Gasteiger partial charge in [-0.05, 0) is 24.1 Å². The number of hydrogen-bond acceptors (Lipinski definition) is 1. The molecule has 62 valence electrons. The van der Waals surface area contributed by atoms with Crippen LogP contribution in [0.25, 0.3) is 5.57 Å². The van der Waals surface area contributed by atoms with Crippen molar-refractivity contribution in [3.8, 4) is 0 Å². The topological polar surface area (TPSA) is 17.1 Å². The summed E-state index contributed by atoms with van der Waals surface area (Å²) in [6.07, 6.45) is 1.71. The molecule has 0 N–H and O–H groups in total. The van der Waals surface area contributed by atoms with E-state index in [2.05, 4.69) is 0 Å². The summed E-state index contributed by atoms with van der Waals surface area (Å²) in [5.41, 5.74) is 1.41. The van der Waals surface area contributed by atoms with Crippen molar-refractivity contribution in [1.29, 1.82) is 0 Å². The number of halogens is 1. The van der Waals surface area contributed by atoms with E-state index in [1.165, 1.54) is 0 Å². The Kier molecular flexibility index (Phi) is 3.06. The largest absolute Gasteiger partial charge is 0.276 e. The Labute approximate surface area is 76.7 Å². The highest BCUT2D eigenvalue weighted by Gasteiger charge is 2.05. The highest BCUT2D eigenvalue weighted by atomic mass is 35.5. The molecule has 0 aromatic heterocycles. The first kappa shape index (κ1) is 9.01. The summed E-state index contributed by atoms with van der Waals surface area (Å²) in [5.74, 6) is 0. The van der Waals surface area contributed by atoms with Crippen LogP contribution in [-0.2, 0) is 4.79 Å². The lowest BCUT2D eigenvalue weighted by molar-refractivity contribution is -0.106. The minimum absolute atomic E-state index is 0.413. The van der Waals surface area contributed by atoms with Gasteiger partial charge in [0.1, 0.15) is 0 Å². The number of carbonyl (C=O) groups is 1. The molecular formula is C10H9ClO. The van der Waals surface area contributed by atoms with Crippen LogP contribution in [0.1, 0.15) is 12.5 Å². The van der Waals surface area contributed by atoms with E-state index >= 15 is 0 Å². The number of hydrogen-bond donors (Lipinski definition) is 0. The van der Waals surface area contributed by atoms with Crippen LogP contribution in [0.2, 0.25) is 0 Å². The highest BCUT2D eigenvalue weighted by molar-refractivity contribution is 6.74. The smallest absolute Gasteiger partial charge is 0.252 e. The predicted molar refractivity (Wildman–Crippen MR) is 51.0 cm³/mol. The molecule has 0 fully saturated rings. The van der Waals surface area contributed by atoms with Gasteiger partial charge in [0, 0.05) is 5.57 Å². The molecular weight excluding hydrogens is 172 g/mol. The Morgan fingerprint density at radius 1 is 1.33 bits per heavy atom. The van der Waals surface area contributed by atoms with E-state index in [0.717, 1.165) is 5.56 Å². The van der Waals surface area contributed by atoms with Gasteiger partial charge in [-0.3, -0.25) is 4.79 Å². The number of benzene rings is 1. The SMILES string of the molecule is CC=C(C(=O)Cl)c1ccccc1. The van der Waals surface area contributed by atoms with Crippen LogP contribution in [0.15, 0.2) is 36.4 Å². The molecule has 0 amide bonds. The van der Waals surface area contributed by atoms with Crippen molar-refractivity contribution in [2.75, 3.05) is 0 Å². The molecule has 0 aliphatic rings. The molecule has 0 heterocycles. The van der Waals surface area contributed by atoms with Crippen LogP contribution in [0.3, 0.4) is 0 Å². The fourth-order valence-electron chi connectivity index (χ4n) is 1.01. The second-order valence-electron chi connectivity index (χ2n) is 2.34. The molecule has 0 saturated heterocycles. The van der Waals surface area contributed by atoms with Crippen molar-refractivity contribution < 1.29 is 4.79 Å². The van der Waals surface area contributed by atoms with Crippen LogP contribution < -0.4 is 0 Å². The second kappa shape index (κ2) is 4.07. The molecule has 12 heavy (non-hydrogen) atoms. The molecule has 0 spiro atoms. The van der Waals surface area contributed by atoms with Crippen molar-refractivity contribution in [3.05, 3.63) is 42.0 Å². The van der Waals surface area contributed by atoms with E-state index in [9.17, 15) is 4.79 Å². The van der Waals surface area contributed by atoms with Gasteiger partial charge < -0.3 is 0 Å². The molecule has 0 unspecified atom stereocenters. The molecule has 0 aliphatic heterocycles. The van der Waals surface area contributed by atoms with Crippen LogP contribution in [0.4, 0.5) is 0 Å². The van der Waals surface area contributed by atoms with Crippen molar-refractivity contribution in [3.63, 3.8) is 0 Å². The fourth-order valence-corrected chi connectivity index (χ4v) is 1.23. The summed E-state index contributed by atoms with van der Waals surface area (Å²) in [6.45, 7) is 1.79. The van der Waals surface area contributed by atoms with E-state index in [1.54, 1.807) is 13.0 Å². The first-order chi connectivity index (χ1) is 5.75. The molecule has 0 bridgehead atoms. The molecule has 0 aliphatic carbocycles. The molecule has 0 radical (unpaired) electrons. The third-order valence-electron chi connectivity index (χ3n) is 1.59. The van der Waals surface area contributed by atoms with Gasteiger partial charge in [0.05, 0.1) is 0 Å². The monoisotopic (exact) mass is 180 g/mol. The zero-order valence-corrected chi connectivity index (χ0v) is 7.51. The molecule has 0 atom stereocenters. The Balaban J connectivity index is 3.05. The van der Waals surface area contributed by atoms with Gasteiger partial charge in [-0.2, -0.15) is 0 Å². The van der Waals surface area contributed by atoms with Crippen LogP contribution >= 0.6 is 11.6 Å². The molecule has 1 aromatic rings. The summed E-state index contributed by atoms with van der Waals surface area (Å²) in [5, 5.41) is -0.413. The van der Waals surface area contributed by atoms with Gasteiger partial charge in [-0.1, -0.05) is 36.4 Å². The lowest BCUT2D eigenvalue weighted by Crippen LogP contribution is -1.91. The Bertz CT molecular complexity index is 301. The maximum absolute atomic E-state index is 10.9. The molecule has 1 rings (SSSR count). The van der Waals surface area contributed by atoms with Crippen molar-refractivity contribution in [1.82, 2.24) is 0 Å². The van der Waals surface area contributed by atoms with Gasteiger partial charge in [0.15, 0.2) is 0 Å². The van der Waals surface area contributed by atoms with E-state index in [-0.39, 0.29) is 0 Å². The normalized spacial score (nSPS) is 11.3. The second-order valence-corrected chi connectivity index (χ2v) is 2.69. The summed E-state index contributed by atoms with van der Waals surface area (Å²) < 4.78 is 0. The van der Waals surface area contributed by atoms with Gasteiger partial charge in [-0.15, -0.1) is 0 Å². The number of allylic oxidation sites excluding steroid dienone is 2. The molecule has 1 aromatic carbocycles. The zero-order valence-electron chi connectivity index (χ0n) is 6.75. The van der Waals surface area contributed by atoms with Gasteiger partial charge in [0.25, 0.3) is 5.24 Å². The predicted octanol–water partition coefficient (Wildman–Crippen LogP) is 2.86. The van der Waals surface area contributed by atoms with Gasteiger partial charge in [-0.25, -0.2) is 0 Å². The number of carbonyl (C=O) groups excluding carboxylic acids is 1. The third-order valence-corrected chi connectivity index (χ3v) is 1.79. The van der Waals surface area contributed by atoms with Gasteiger partial charge in [0.2, 0.25) is 0 Å². The van der Waals surface area contributed by atoms with Crippen molar-refractivity contribution in [2.45, 2.75) is 6.92 Å². The lowest BCUT2D eigenvalue weighted by atomic mass is 10.1. The Hall–Kier alpha value is -1.08. The minimum atomic E-state index is -0.413. The molecule has 2 heteroatoms. The zero-order chi connectivity index (χ0) is 8.97. The van der Waals surface area contributed by atoms with Crippen LogP contribution in [-0.4, -0.2) is 5.24 Å². The van der Waals surface area contributed by atoms with E-state index < -0.39 is 5.24 Å². The quantitative estimate of drug-likeness (QED) is 0.505. The Morgan fingerprint density at radius 2 is 1.92 bits per heavy atom. The summed E-state index contributed by atoms with van der Waals surface area (Å²) in [7, 11) is 0. The minimum Gasteiger partial charge on any atom is -0.276 e. The highest BCUT2D eigenvalue weighted by Crippen LogP contribution is 2.16. The average Bonchev–Trinajstić information content (AvgIpc) is 2.07. The van der Waals surface area contributed by atoms with Crippen LogP contribution in [0, 0.1) is 0 Å². The summed E-state index contributed by atoms with van der Waals surface area (Å²) >= 11 is 5.37. The fraction of sp³-hybridized carbons (Fsp3) is 0.100. The molecule has 0 saturated carbocycles. The van der Waals surface area contributed by atoms with Crippen LogP contribution in [0.5, 0.6) is 0 Å². The Morgan fingerprint density at radius 3 is 2.33 bits per heavy atom. The first-order valence-corrected chi connectivity index (χ1v) is 4.05. The van der Waals surface area contributed by atoms with Crippen molar-refractivity contribution >= 4 is 22.4 Å².